The summed E-state index contributed by atoms with van der Waals surface area (Å²) in [5.41, 5.74) is 6.72. The number of rotatable bonds is 9. The molecule has 33 heavy (non-hydrogen) atoms. The van der Waals surface area contributed by atoms with Crippen LogP contribution >= 0.6 is 0 Å². The van der Waals surface area contributed by atoms with E-state index in [2.05, 4.69) is 34.0 Å². The van der Waals surface area contributed by atoms with Crippen molar-refractivity contribution in [3.05, 3.63) is 65.6 Å². The van der Waals surface area contributed by atoms with Crippen molar-refractivity contribution in [3.8, 4) is 11.5 Å². The molecule has 0 fully saturated rings. The minimum atomic E-state index is -0.561. The Bertz CT molecular complexity index is 1130. The van der Waals surface area contributed by atoms with E-state index < -0.39 is 11.6 Å². The van der Waals surface area contributed by atoms with Gasteiger partial charge < -0.3 is 25.4 Å². The number of nitrogens with one attached hydrogen (secondary N) is 1. The van der Waals surface area contributed by atoms with Gasteiger partial charge in [-0.15, -0.1) is 0 Å². The third-order valence-electron chi connectivity index (χ3n) is 5.38. The Kier molecular flexibility index (Phi) is 7.13. The Morgan fingerprint density at radius 2 is 1.85 bits per heavy atom. The number of benzene rings is 2. The lowest BCUT2D eigenvalue weighted by Crippen LogP contribution is -2.43. The number of nitrogens with zero attached hydrogens (tertiary/aromatic N) is 3. The minimum absolute atomic E-state index is 0.0327. The highest BCUT2D eigenvalue weighted by atomic mass is 19.1. The van der Waals surface area contributed by atoms with Gasteiger partial charge in [0.25, 0.3) is 0 Å². The number of anilines is 3. The monoisotopic (exact) mass is 453 g/mol. The van der Waals surface area contributed by atoms with E-state index in [1.165, 1.54) is 25.4 Å². The minimum Gasteiger partial charge on any atom is -0.496 e. The zero-order valence-corrected chi connectivity index (χ0v) is 19.3. The molecule has 0 aliphatic heterocycles. The Morgan fingerprint density at radius 3 is 2.45 bits per heavy atom. The van der Waals surface area contributed by atoms with Crippen LogP contribution in [0.1, 0.15) is 29.8 Å². The third-order valence-corrected chi connectivity index (χ3v) is 5.38. The predicted molar refractivity (Wildman–Crippen MR) is 126 cm³/mol. The lowest BCUT2D eigenvalue weighted by atomic mass is 10.0. The normalized spacial score (nSPS) is 11.4. The molecule has 1 aromatic heterocycles. The van der Waals surface area contributed by atoms with Crippen molar-refractivity contribution in [1.29, 1.82) is 0 Å². The largest absolute Gasteiger partial charge is 0.496 e. The van der Waals surface area contributed by atoms with Crippen LogP contribution in [0, 0.1) is 5.82 Å². The molecule has 3 N–H and O–H groups in total. The lowest BCUT2D eigenvalue weighted by molar-refractivity contribution is 0.103. The van der Waals surface area contributed by atoms with Crippen molar-refractivity contribution in [2.24, 2.45) is 0 Å². The van der Waals surface area contributed by atoms with E-state index >= 15 is 0 Å². The molecule has 0 spiro atoms. The average molecular weight is 454 g/mol. The second-order valence-corrected chi connectivity index (χ2v) is 8.31. The first kappa shape index (κ1) is 23.9. The van der Waals surface area contributed by atoms with Gasteiger partial charge in [0.2, 0.25) is 11.7 Å². The summed E-state index contributed by atoms with van der Waals surface area (Å²) in [6, 6.07) is 11.0. The smallest absolute Gasteiger partial charge is 0.229 e. The van der Waals surface area contributed by atoms with E-state index in [-0.39, 0.29) is 34.2 Å². The van der Waals surface area contributed by atoms with Crippen LogP contribution in [-0.4, -0.2) is 54.0 Å². The second-order valence-electron chi connectivity index (χ2n) is 8.31. The van der Waals surface area contributed by atoms with E-state index in [1.54, 1.807) is 0 Å². The molecule has 0 aliphatic carbocycles. The van der Waals surface area contributed by atoms with Crippen LogP contribution in [0.15, 0.2) is 48.7 Å². The van der Waals surface area contributed by atoms with Gasteiger partial charge in [0.05, 0.1) is 18.2 Å². The number of aromatic nitrogens is 2. The molecule has 0 aliphatic rings. The SMILES string of the molecule is COc1ccc(F)cc1C(=O)c1cnc(Nc2ccc(OCC(C)(C)N(C)C)cc2)nc1N. The van der Waals surface area contributed by atoms with Gasteiger partial charge >= 0.3 is 0 Å². The Hall–Kier alpha value is -3.72. The standard InChI is InChI=1S/C24H28FN5O3/c1-24(2,30(3)4)14-33-17-9-7-16(8-10-17)28-23-27-13-19(22(26)29-23)21(31)18-12-15(25)6-11-20(18)32-5/h6-13H,14H2,1-5H3,(H3,26,27,28,29). The molecule has 0 saturated carbocycles. The van der Waals surface area contributed by atoms with Crippen LogP contribution in [0.3, 0.4) is 0 Å². The second kappa shape index (κ2) is 9.83. The Balaban J connectivity index is 1.71. The van der Waals surface area contributed by atoms with E-state index in [4.69, 9.17) is 15.2 Å². The van der Waals surface area contributed by atoms with Crippen molar-refractivity contribution in [2.75, 3.05) is 38.9 Å². The van der Waals surface area contributed by atoms with E-state index in [0.29, 0.717) is 6.61 Å². The van der Waals surface area contributed by atoms with Gasteiger partial charge in [-0.2, -0.15) is 4.98 Å². The molecule has 174 valence electrons. The van der Waals surface area contributed by atoms with Crippen LogP contribution in [0.2, 0.25) is 0 Å². The summed E-state index contributed by atoms with van der Waals surface area (Å²) in [5, 5.41) is 3.04. The van der Waals surface area contributed by atoms with Crippen molar-refractivity contribution >= 4 is 23.2 Å². The van der Waals surface area contributed by atoms with Crippen LogP contribution < -0.4 is 20.5 Å². The van der Waals surface area contributed by atoms with Crippen molar-refractivity contribution < 1.29 is 18.7 Å². The molecule has 0 amide bonds. The van der Waals surface area contributed by atoms with E-state index in [1.807, 2.05) is 38.4 Å². The number of hydrogen-bond donors (Lipinski definition) is 2. The van der Waals surface area contributed by atoms with Crippen molar-refractivity contribution in [3.63, 3.8) is 0 Å². The summed E-state index contributed by atoms with van der Waals surface area (Å²) in [7, 11) is 5.42. The number of likely N-dealkylation sites (N-methyl/N-ethyl adjacent to an activating group) is 1. The number of nitrogen functional groups attached to an aromatic ring is 1. The maximum Gasteiger partial charge on any atom is 0.229 e. The first-order chi connectivity index (χ1) is 15.6. The van der Waals surface area contributed by atoms with Gasteiger partial charge in [-0.3, -0.25) is 4.79 Å². The molecule has 0 radical (unpaired) electrons. The van der Waals surface area contributed by atoms with E-state index in [9.17, 15) is 9.18 Å². The molecule has 8 nitrogen and oxygen atoms in total. The molecule has 0 saturated heterocycles. The lowest BCUT2D eigenvalue weighted by Gasteiger charge is -2.32. The third kappa shape index (κ3) is 5.75. The molecule has 3 rings (SSSR count). The zero-order chi connectivity index (χ0) is 24.2. The number of carbonyl (C=O) groups is 1. The van der Waals surface area contributed by atoms with E-state index in [0.717, 1.165) is 17.5 Å². The molecule has 3 aromatic rings. The van der Waals surface area contributed by atoms with Gasteiger partial charge in [0, 0.05) is 17.4 Å². The average Bonchev–Trinajstić information content (AvgIpc) is 2.78. The maximum atomic E-state index is 13.6. The van der Waals surface area contributed by atoms with Crippen molar-refractivity contribution in [2.45, 2.75) is 19.4 Å². The van der Waals surface area contributed by atoms with Gasteiger partial charge in [0.1, 0.15) is 29.7 Å². The summed E-state index contributed by atoms with van der Waals surface area (Å²) < 4.78 is 24.7. The summed E-state index contributed by atoms with van der Waals surface area (Å²) in [5.74, 6) is 0.0692. The quantitative estimate of drug-likeness (QED) is 0.470. The first-order valence-electron chi connectivity index (χ1n) is 10.3. The predicted octanol–water partition coefficient (Wildman–Crippen LogP) is 3.90. The van der Waals surface area contributed by atoms with Crippen LogP contribution in [0.4, 0.5) is 21.8 Å². The molecule has 0 unspecified atom stereocenters. The number of ether oxygens (including phenoxy) is 2. The summed E-state index contributed by atoms with van der Waals surface area (Å²) >= 11 is 0. The molecular formula is C24H28FN5O3. The number of methoxy groups -OCH3 is 1. The number of carbonyl (C=O) groups excluding carboxylic acids is 1. The molecule has 0 bridgehead atoms. The number of ketones is 1. The van der Waals surface area contributed by atoms with Crippen LogP contribution in [0.5, 0.6) is 11.5 Å². The molecular weight excluding hydrogens is 425 g/mol. The van der Waals surface area contributed by atoms with Crippen LogP contribution in [0.25, 0.3) is 0 Å². The molecule has 2 aromatic carbocycles. The molecule has 0 atom stereocenters. The van der Waals surface area contributed by atoms with Gasteiger partial charge in [-0.25, -0.2) is 9.37 Å². The zero-order valence-electron chi connectivity index (χ0n) is 19.3. The van der Waals surface area contributed by atoms with Crippen molar-refractivity contribution in [1.82, 2.24) is 14.9 Å². The number of hydrogen-bond acceptors (Lipinski definition) is 8. The number of halogens is 1. The fourth-order valence-electron chi connectivity index (χ4n) is 2.79. The van der Waals surface area contributed by atoms with Gasteiger partial charge in [-0.05, 0) is 70.4 Å². The molecule has 9 heteroatoms. The summed E-state index contributed by atoms with van der Waals surface area (Å²) in [6.07, 6.45) is 1.30. The fourth-order valence-corrected chi connectivity index (χ4v) is 2.79. The highest BCUT2D eigenvalue weighted by Gasteiger charge is 2.21. The highest BCUT2D eigenvalue weighted by molar-refractivity contribution is 6.13. The number of nitrogens with two attached hydrogens (primary N) is 1. The Morgan fingerprint density at radius 1 is 1.15 bits per heavy atom. The van der Waals surface area contributed by atoms with Gasteiger partial charge in [-0.1, -0.05) is 0 Å². The highest BCUT2D eigenvalue weighted by Crippen LogP contribution is 2.25. The summed E-state index contributed by atoms with van der Waals surface area (Å²) in [6.45, 7) is 4.74. The fraction of sp³-hybridized carbons (Fsp3) is 0.292. The molecule has 1 heterocycles. The Labute approximate surface area is 192 Å². The van der Waals surface area contributed by atoms with Gasteiger partial charge in [0.15, 0.2) is 0 Å². The maximum absolute atomic E-state index is 13.6. The topological polar surface area (TPSA) is 103 Å². The van der Waals surface area contributed by atoms with Crippen LogP contribution in [-0.2, 0) is 0 Å². The summed E-state index contributed by atoms with van der Waals surface area (Å²) in [4.78, 5) is 23.3. The first-order valence-corrected chi connectivity index (χ1v) is 10.3.